The number of benzene rings is 2. The van der Waals surface area contributed by atoms with Gasteiger partial charge in [0.1, 0.15) is 12.4 Å². The molecule has 2 heterocycles. The SMILES string of the molecule is CCN(CC(=O)N1CCc2sccc2[C@@H]1COc1ccc(C(C)C)cc1)C[C@H](O)COCc1ccccc1. The van der Waals surface area contributed by atoms with Gasteiger partial charge in [0.15, 0.2) is 0 Å². The average molecular weight is 537 g/mol. The van der Waals surface area contributed by atoms with Crippen molar-refractivity contribution in [3.05, 3.63) is 87.6 Å². The topological polar surface area (TPSA) is 62.2 Å². The van der Waals surface area contributed by atoms with Crippen molar-refractivity contribution in [2.24, 2.45) is 0 Å². The highest BCUT2D eigenvalue weighted by Crippen LogP contribution is 2.34. The van der Waals surface area contributed by atoms with Gasteiger partial charge in [0.25, 0.3) is 0 Å². The first-order valence-electron chi connectivity index (χ1n) is 13.5. The maximum atomic E-state index is 13.5. The molecule has 0 unspecified atom stereocenters. The molecule has 6 nitrogen and oxygen atoms in total. The van der Waals surface area contributed by atoms with Crippen LogP contribution >= 0.6 is 11.3 Å². The number of carbonyl (C=O) groups is 1. The van der Waals surface area contributed by atoms with Crippen molar-refractivity contribution in [2.75, 3.05) is 39.4 Å². The van der Waals surface area contributed by atoms with E-state index in [4.69, 9.17) is 9.47 Å². The maximum absolute atomic E-state index is 13.5. The molecule has 0 fully saturated rings. The maximum Gasteiger partial charge on any atom is 0.237 e. The Morgan fingerprint density at radius 2 is 1.89 bits per heavy atom. The number of fused-ring (bicyclic) bond motifs is 1. The number of ether oxygens (including phenoxy) is 2. The van der Waals surface area contributed by atoms with Crippen LogP contribution in [-0.2, 0) is 22.6 Å². The highest BCUT2D eigenvalue weighted by Gasteiger charge is 2.33. The minimum absolute atomic E-state index is 0.0601. The van der Waals surface area contributed by atoms with E-state index in [2.05, 4.69) is 37.4 Å². The summed E-state index contributed by atoms with van der Waals surface area (Å²) in [6.45, 7) is 9.46. The number of amides is 1. The zero-order valence-electron chi connectivity index (χ0n) is 22.7. The Balaban J connectivity index is 1.33. The Hall–Kier alpha value is -2.71. The van der Waals surface area contributed by atoms with Crippen molar-refractivity contribution < 1.29 is 19.4 Å². The number of carbonyl (C=O) groups excluding carboxylic acids is 1. The first-order chi connectivity index (χ1) is 18.4. The lowest BCUT2D eigenvalue weighted by Crippen LogP contribution is -2.48. The normalized spacial score (nSPS) is 16.1. The molecule has 4 rings (SSSR count). The molecular formula is C31H40N2O4S. The van der Waals surface area contributed by atoms with Gasteiger partial charge in [-0.2, -0.15) is 0 Å². The molecule has 0 aliphatic carbocycles. The second-order valence-corrected chi connectivity index (χ2v) is 11.2. The highest BCUT2D eigenvalue weighted by atomic mass is 32.1. The molecule has 1 aliphatic heterocycles. The molecule has 3 aromatic rings. The standard InChI is InChI=1S/C31H40N2O4S/c1-4-32(18-26(34)21-36-20-24-8-6-5-7-9-24)19-31(35)33-16-14-30-28(15-17-38-30)29(33)22-37-27-12-10-25(11-13-27)23(2)3/h5-13,15,17,23,26,29,34H,4,14,16,18-22H2,1-3H3/t26-,29-/m0/s1. The molecular weight excluding hydrogens is 496 g/mol. The minimum atomic E-state index is -0.663. The second kappa shape index (κ2) is 13.9. The van der Waals surface area contributed by atoms with Crippen LogP contribution in [-0.4, -0.2) is 66.3 Å². The molecule has 38 heavy (non-hydrogen) atoms. The van der Waals surface area contributed by atoms with Gasteiger partial charge in [-0.1, -0.05) is 63.2 Å². The quantitative estimate of drug-likeness (QED) is 0.322. The van der Waals surface area contributed by atoms with Gasteiger partial charge < -0.3 is 19.5 Å². The summed E-state index contributed by atoms with van der Waals surface area (Å²) >= 11 is 1.75. The van der Waals surface area contributed by atoms with Crippen molar-refractivity contribution in [2.45, 2.75) is 51.9 Å². The first-order valence-corrected chi connectivity index (χ1v) is 14.4. The van der Waals surface area contributed by atoms with Crippen LogP contribution in [0.15, 0.2) is 66.0 Å². The summed E-state index contributed by atoms with van der Waals surface area (Å²) in [6.07, 6.45) is 0.199. The molecule has 0 spiro atoms. The number of rotatable bonds is 13. The molecule has 1 N–H and O–H groups in total. The molecule has 2 atom stereocenters. The molecule has 0 saturated heterocycles. The van der Waals surface area contributed by atoms with Gasteiger partial charge in [0, 0.05) is 18.0 Å². The van der Waals surface area contributed by atoms with Crippen LogP contribution < -0.4 is 4.74 Å². The molecule has 0 radical (unpaired) electrons. The van der Waals surface area contributed by atoms with Gasteiger partial charge in [0.05, 0.1) is 31.9 Å². The van der Waals surface area contributed by atoms with E-state index >= 15 is 0 Å². The first kappa shape index (κ1) is 28.3. The van der Waals surface area contributed by atoms with Crippen LogP contribution in [0.5, 0.6) is 5.75 Å². The predicted molar refractivity (Wildman–Crippen MR) is 153 cm³/mol. The smallest absolute Gasteiger partial charge is 0.237 e. The molecule has 204 valence electrons. The average Bonchev–Trinajstić information content (AvgIpc) is 3.41. The van der Waals surface area contributed by atoms with Gasteiger partial charge in [-0.15, -0.1) is 11.3 Å². The van der Waals surface area contributed by atoms with E-state index in [0.717, 1.165) is 17.7 Å². The zero-order chi connectivity index (χ0) is 26.9. The number of nitrogens with zero attached hydrogens (tertiary/aromatic N) is 2. The van der Waals surface area contributed by atoms with Crippen LogP contribution in [0.4, 0.5) is 0 Å². The van der Waals surface area contributed by atoms with E-state index in [1.807, 2.05) is 59.2 Å². The Morgan fingerprint density at radius 1 is 1.13 bits per heavy atom. The van der Waals surface area contributed by atoms with Crippen molar-refractivity contribution in [1.82, 2.24) is 9.80 Å². The van der Waals surface area contributed by atoms with E-state index in [0.29, 0.717) is 38.8 Å². The Morgan fingerprint density at radius 3 is 2.61 bits per heavy atom. The third-order valence-electron chi connectivity index (χ3n) is 7.07. The summed E-state index contributed by atoms with van der Waals surface area (Å²) in [5.41, 5.74) is 3.54. The molecule has 2 aromatic carbocycles. The Kier molecular flexibility index (Phi) is 10.4. The zero-order valence-corrected chi connectivity index (χ0v) is 23.5. The summed E-state index contributed by atoms with van der Waals surface area (Å²) in [7, 11) is 0. The summed E-state index contributed by atoms with van der Waals surface area (Å²) < 4.78 is 11.9. The summed E-state index contributed by atoms with van der Waals surface area (Å²) in [6, 6.07) is 20.2. The highest BCUT2D eigenvalue weighted by molar-refractivity contribution is 7.10. The van der Waals surface area contributed by atoms with Gasteiger partial charge in [-0.3, -0.25) is 9.69 Å². The molecule has 1 amide bonds. The second-order valence-electron chi connectivity index (χ2n) is 10.2. The largest absolute Gasteiger partial charge is 0.491 e. The lowest BCUT2D eigenvalue weighted by Gasteiger charge is -2.37. The molecule has 0 saturated carbocycles. The van der Waals surface area contributed by atoms with E-state index in [-0.39, 0.29) is 25.1 Å². The van der Waals surface area contributed by atoms with Crippen LogP contribution in [0.25, 0.3) is 0 Å². The number of thiophene rings is 1. The van der Waals surface area contributed by atoms with Gasteiger partial charge in [0.2, 0.25) is 5.91 Å². The summed E-state index contributed by atoms with van der Waals surface area (Å²) in [5.74, 6) is 1.35. The fraction of sp³-hybridized carbons (Fsp3) is 0.452. The van der Waals surface area contributed by atoms with Crippen molar-refractivity contribution >= 4 is 17.2 Å². The van der Waals surface area contributed by atoms with E-state index < -0.39 is 6.10 Å². The number of hydrogen-bond acceptors (Lipinski definition) is 6. The Bertz CT molecular complexity index is 1130. The van der Waals surface area contributed by atoms with E-state index in [1.165, 1.54) is 16.0 Å². The van der Waals surface area contributed by atoms with E-state index in [9.17, 15) is 9.90 Å². The van der Waals surface area contributed by atoms with Crippen LogP contribution in [0.2, 0.25) is 0 Å². The summed E-state index contributed by atoms with van der Waals surface area (Å²) in [4.78, 5) is 18.8. The number of aliphatic hydroxyl groups is 1. The Labute approximate surface area is 230 Å². The molecule has 1 aromatic heterocycles. The number of likely N-dealkylation sites (N-methyl/N-ethyl adjacent to an activating group) is 1. The number of hydrogen-bond donors (Lipinski definition) is 1. The lowest BCUT2D eigenvalue weighted by molar-refractivity contribution is -0.136. The summed E-state index contributed by atoms with van der Waals surface area (Å²) in [5, 5.41) is 12.7. The van der Waals surface area contributed by atoms with E-state index in [1.54, 1.807) is 11.3 Å². The number of aliphatic hydroxyl groups excluding tert-OH is 1. The molecule has 0 bridgehead atoms. The van der Waals surface area contributed by atoms with Crippen molar-refractivity contribution in [3.8, 4) is 5.75 Å². The third kappa shape index (κ3) is 7.67. The van der Waals surface area contributed by atoms with Crippen LogP contribution in [0, 0.1) is 0 Å². The predicted octanol–water partition coefficient (Wildman–Crippen LogP) is 5.28. The molecule has 1 aliphatic rings. The fourth-order valence-corrected chi connectivity index (χ4v) is 5.75. The minimum Gasteiger partial charge on any atom is -0.491 e. The third-order valence-corrected chi connectivity index (χ3v) is 8.06. The van der Waals surface area contributed by atoms with Crippen molar-refractivity contribution in [1.29, 1.82) is 0 Å². The van der Waals surface area contributed by atoms with Crippen LogP contribution in [0.1, 0.15) is 54.3 Å². The molecule has 7 heteroatoms. The van der Waals surface area contributed by atoms with Gasteiger partial charge in [-0.25, -0.2) is 0 Å². The van der Waals surface area contributed by atoms with Crippen molar-refractivity contribution in [3.63, 3.8) is 0 Å². The van der Waals surface area contributed by atoms with Gasteiger partial charge in [-0.05, 0) is 59.2 Å². The van der Waals surface area contributed by atoms with Gasteiger partial charge >= 0.3 is 0 Å². The monoisotopic (exact) mass is 536 g/mol. The fourth-order valence-electron chi connectivity index (χ4n) is 4.82. The van der Waals surface area contributed by atoms with Crippen LogP contribution in [0.3, 0.4) is 0 Å². The lowest BCUT2D eigenvalue weighted by atomic mass is 10.00.